The number of rotatable bonds is 4. The molecule has 1 fully saturated rings. The molecular formula is C14H23N3O2. The van der Waals surface area contributed by atoms with Crippen molar-refractivity contribution in [1.29, 1.82) is 0 Å². The number of amides is 1. The van der Waals surface area contributed by atoms with Gasteiger partial charge in [-0.25, -0.2) is 0 Å². The van der Waals surface area contributed by atoms with E-state index < -0.39 is 0 Å². The third-order valence-electron chi connectivity index (χ3n) is 3.80. The first-order chi connectivity index (χ1) is 9.13. The second-order valence-electron chi connectivity index (χ2n) is 5.13. The minimum absolute atomic E-state index is 0.00110. The van der Waals surface area contributed by atoms with Crippen molar-refractivity contribution in [3.63, 3.8) is 0 Å². The van der Waals surface area contributed by atoms with Gasteiger partial charge in [-0.15, -0.1) is 0 Å². The first-order valence-electron chi connectivity index (χ1n) is 7.03. The summed E-state index contributed by atoms with van der Waals surface area (Å²) in [4.78, 5) is 12.3. The van der Waals surface area contributed by atoms with Crippen molar-refractivity contribution >= 4 is 5.91 Å². The van der Waals surface area contributed by atoms with Crippen molar-refractivity contribution in [2.75, 3.05) is 19.8 Å². The van der Waals surface area contributed by atoms with E-state index in [1.165, 1.54) is 0 Å². The Balaban J connectivity index is 1.97. The minimum atomic E-state index is 0.00110. The molecule has 1 aliphatic heterocycles. The van der Waals surface area contributed by atoms with Crippen molar-refractivity contribution in [3.8, 4) is 0 Å². The minimum Gasteiger partial charge on any atom is -0.381 e. The molecule has 0 radical (unpaired) electrons. The van der Waals surface area contributed by atoms with E-state index in [9.17, 15) is 4.79 Å². The zero-order valence-corrected chi connectivity index (χ0v) is 12.0. The molecule has 1 aliphatic rings. The number of nitrogens with one attached hydrogen (secondary N) is 1. The van der Waals surface area contributed by atoms with Crippen LogP contribution in [0.15, 0.2) is 0 Å². The Morgan fingerprint density at radius 1 is 1.42 bits per heavy atom. The lowest BCUT2D eigenvalue weighted by atomic mass is 10.0. The summed E-state index contributed by atoms with van der Waals surface area (Å²) in [7, 11) is 0. The fourth-order valence-electron chi connectivity index (χ4n) is 2.61. The SMILES string of the molecule is CCn1nc(C)c(C(=O)NCC2CCOCC2)c1C. The van der Waals surface area contributed by atoms with Crippen molar-refractivity contribution in [2.24, 2.45) is 5.92 Å². The highest BCUT2D eigenvalue weighted by atomic mass is 16.5. The quantitative estimate of drug-likeness (QED) is 0.901. The fourth-order valence-corrected chi connectivity index (χ4v) is 2.61. The highest BCUT2D eigenvalue weighted by molar-refractivity contribution is 5.96. The Labute approximate surface area is 114 Å². The van der Waals surface area contributed by atoms with Crippen molar-refractivity contribution < 1.29 is 9.53 Å². The van der Waals surface area contributed by atoms with Crippen LogP contribution >= 0.6 is 0 Å². The molecule has 1 aromatic heterocycles. The van der Waals surface area contributed by atoms with Crippen LogP contribution < -0.4 is 5.32 Å². The predicted octanol–water partition coefficient (Wildman–Crippen LogP) is 1.68. The number of hydrogen-bond acceptors (Lipinski definition) is 3. The van der Waals surface area contributed by atoms with Crippen LogP contribution in [0.2, 0.25) is 0 Å². The van der Waals surface area contributed by atoms with E-state index in [1.807, 2.05) is 25.5 Å². The van der Waals surface area contributed by atoms with E-state index in [1.54, 1.807) is 0 Å². The Bertz CT molecular complexity index is 448. The maximum absolute atomic E-state index is 12.3. The van der Waals surface area contributed by atoms with Crippen LogP contribution in [0.4, 0.5) is 0 Å². The Morgan fingerprint density at radius 3 is 2.68 bits per heavy atom. The largest absolute Gasteiger partial charge is 0.381 e. The number of aromatic nitrogens is 2. The van der Waals surface area contributed by atoms with Gasteiger partial charge in [-0.3, -0.25) is 9.48 Å². The molecule has 0 spiro atoms. The summed E-state index contributed by atoms with van der Waals surface area (Å²) < 4.78 is 7.19. The molecule has 1 aromatic rings. The normalized spacial score (nSPS) is 16.6. The summed E-state index contributed by atoms with van der Waals surface area (Å²) in [5, 5.41) is 7.42. The molecule has 5 heteroatoms. The molecule has 2 heterocycles. The number of hydrogen-bond donors (Lipinski definition) is 1. The predicted molar refractivity (Wildman–Crippen MR) is 73.3 cm³/mol. The lowest BCUT2D eigenvalue weighted by Gasteiger charge is -2.22. The Morgan fingerprint density at radius 2 is 2.11 bits per heavy atom. The number of carbonyl (C=O) groups is 1. The van der Waals surface area contributed by atoms with Gasteiger partial charge in [-0.1, -0.05) is 0 Å². The van der Waals surface area contributed by atoms with Crippen LogP contribution in [0.1, 0.15) is 41.5 Å². The molecule has 0 aromatic carbocycles. The van der Waals surface area contributed by atoms with Gasteiger partial charge in [-0.2, -0.15) is 5.10 Å². The molecule has 0 bridgehead atoms. The van der Waals surface area contributed by atoms with Gasteiger partial charge in [0.25, 0.3) is 5.91 Å². The average Bonchev–Trinajstić information content (AvgIpc) is 2.72. The van der Waals surface area contributed by atoms with Gasteiger partial charge in [-0.05, 0) is 39.5 Å². The number of ether oxygens (including phenoxy) is 1. The van der Waals surface area contributed by atoms with E-state index >= 15 is 0 Å². The number of nitrogens with zero attached hydrogens (tertiary/aromatic N) is 2. The summed E-state index contributed by atoms with van der Waals surface area (Å²) in [6.45, 7) is 9.02. The van der Waals surface area contributed by atoms with Gasteiger partial charge in [0.1, 0.15) is 0 Å². The molecule has 19 heavy (non-hydrogen) atoms. The van der Waals surface area contributed by atoms with E-state index in [0.29, 0.717) is 5.92 Å². The van der Waals surface area contributed by atoms with Crippen LogP contribution in [0.3, 0.4) is 0 Å². The molecular weight excluding hydrogens is 242 g/mol. The molecule has 0 atom stereocenters. The maximum atomic E-state index is 12.3. The topological polar surface area (TPSA) is 56.2 Å². The maximum Gasteiger partial charge on any atom is 0.255 e. The molecule has 106 valence electrons. The smallest absolute Gasteiger partial charge is 0.255 e. The molecule has 2 rings (SSSR count). The van der Waals surface area contributed by atoms with Crippen LogP contribution in [0.5, 0.6) is 0 Å². The molecule has 1 N–H and O–H groups in total. The molecule has 0 saturated carbocycles. The van der Waals surface area contributed by atoms with Gasteiger partial charge in [0.05, 0.1) is 11.3 Å². The fraction of sp³-hybridized carbons (Fsp3) is 0.714. The molecule has 1 saturated heterocycles. The lowest BCUT2D eigenvalue weighted by Crippen LogP contribution is -2.32. The second-order valence-corrected chi connectivity index (χ2v) is 5.13. The first kappa shape index (κ1) is 14.1. The van der Waals surface area contributed by atoms with E-state index in [2.05, 4.69) is 10.4 Å². The monoisotopic (exact) mass is 265 g/mol. The van der Waals surface area contributed by atoms with E-state index in [0.717, 1.165) is 56.1 Å². The van der Waals surface area contributed by atoms with Crippen LogP contribution in [0.25, 0.3) is 0 Å². The Kier molecular flexibility index (Phi) is 4.58. The number of carbonyl (C=O) groups excluding carboxylic acids is 1. The summed E-state index contributed by atoms with van der Waals surface area (Å²) in [5.74, 6) is 0.542. The van der Waals surface area contributed by atoms with Gasteiger partial charge < -0.3 is 10.1 Å². The Hall–Kier alpha value is -1.36. The van der Waals surface area contributed by atoms with Crippen LogP contribution in [-0.2, 0) is 11.3 Å². The van der Waals surface area contributed by atoms with Gasteiger partial charge in [0.2, 0.25) is 0 Å². The van der Waals surface area contributed by atoms with E-state index in [-0.39, 0.29) is 5.91 Å². The highest BCUT2D eigenvalue weighted by Crippen LogP contribution is 2.15. The van der Waals surface area contributed by atoms with Crippen molar-refractivity contribution in [2.45, 2.75) is 40.2 Å². The van der Waals surface area contributed by atoms with Gasteiger partial charge in [0, 0.05) is 32.0 Å². The summed E-state index contributed by atoms with van der Waals surface area (Å²) >= 11 is 0. The standard InChI is InChI=1S/C14H23N3O2/c1-4-17-11(3)13(10(2)16-17)14(18)15-9-12-5-7-19-8-6-12/h12H,4-9H2,1-3H3,(H,15,18). The third-order valence-corrected chi connectivity index (χ3v) is 3.80. The summed E-state index contributed by atoms with van der Waals surface area (Å²) in [6.07, 6.45) is 2.07. The number of aryl methyl sites for hydroxylation is 2. The first-order valence-corrected chi connectivity index (χ1v) is 7.03. The van der Waals surface area contributed by atoms with Crippen LogP contribution in [0, 0.1) is 19.8 Å². The molecule has 0 aliphatic carbocycles. The van der Waals surface area contributed by atoms with Crippen LogP contribution in [-0.4, -0.2) is 35.4 Å². The van der Waals surface area contributed by atoms with Gasteiger partial charge in [0.15, 0.2) is 0 Å². The van der Waals surface area contributed by atoms with Crippen molar-refractivity contribution in [1.82, 2.24) is 15.1 Å². The zero-order chi connectivity index (χ0) is 13.8. The average molecular weight is 265 g/mol. The van der Waals surface area contributed by atoms with Crippen molar-refractivity contribution in [3.05, 3.63) is 17.0 Å². The third kappa shape index (κ3) is 3.15. The second kappa shape index (κ2) is 6.19. The summed E-state index contributed by atoms with van der Waals surface area (Å²) in [5.41, 5.74) is 2.49. The highest BCUT2D eigenvalue weighted by Gasteiger charge is 2.20. The zero-order valence-electron chi connectivity index (χ0n) is 12.0. The molecule has 0 unspecified atom stereocenters. The van der Waals surface area contributed by atoms with E-state index in [4.69, 9.17) is 4.74 Å². The summed E-state index contributed by atoms with van der Waals surface area (Å²) in [6, 6.07) is 0. The van der Waals surface area contributed by atoms with Gasteiger partial charge >= 0.3 is 0 Å². The molecule has 1 amide bonds. The lowest BCUT2D eigenvalue weighted by molar-refractivity contribution is 0.0642. The molecule has 5 nitrogen and oxygen atoms in total.